The lowest BCUT2D eigenvalue weighted by Crippen LogP contribution is -2.17. The molecule has 0 aliphatic rings. The molecule has 0 aliphatic heterocycles. The van der Waals surface area contributed by atoms with E-state index in [2.05, 4.69) is 16.4 Å². The van der Waals surface area contributed by atoms with E-state index >= 15 is 0 Å². The molecule has 0 amide bonds. The average Bonchev–Trinajstić information content (AvgIpc) is 1.85. The molecule has 0 N–H and O–H groups in total. The van der Waals surface area contributed by atoms with Crippen LogP contribution in [0.4, 0.5) is 0 Å². The minimum Gasteiger partial charge on any atom is -0.469 e. The molecule has 0 aromatic rings. The van der Waals surface area contributed by atoms with Crippen LogP contribution in [0.3, 0.4) is 0 Å². The maximum absolute atomic E-state index is 10.6. The summed E-state index contributed by atoms with van der Waals surface area (Å²) in [7, 11) is 1.27. The standard InChI is InChI=1S/C7H11O4/c1-5(11-6(2)8)4-7(9)10-3/h5H,1,4H2,2-3H3. The summed E-state index contributed by atoms with van der Waals surface area (Å²) >= 11 is 0. The summed E-state index contributed by atoms with van der Waals surface area (Å²) in [4.78, 5) is 20.9. The van der Waals surface area contributed by atoms with Gasteiger partial charge in [0.15, 0.2) is 0 Å². The van der Waals surface area contributed by atoms with Crippen molar-refractivity contribution in [1.29, 1.82) is 0 Å². The minimum atomic E-state index is -0.653. The number of carbonyl (C=O) groups is 2. The zero-order chi connectivity index (χ0) is 8.85. The van der Waals surface area contributed by atoms with Gasteiger partial charge in [-0.05, 0) is 6.92 Å². The minimum absolute atomic E-state index is 0.00389. The summed E-state index contributed by atoms with van der Waals surface area (Å²) in [5.41, 5.74) is 0. The van der Waals surface area contributed by atoms with Crippen LogP contribution < -0.4 is 0 Å². The molecular formula is C7H11O4. The normalized spacial score (nSPS) is 11.9. The van der Waals surface area contributed by atoms with Gasteiger partial charge >= 0.3 is 11.9 Å². The molecule has 0 saturated carbocycles. The van der Waals surface area contributed by atoms with Crippen molar-refractivity contribution in [3.8, 4) is 0 Å². The van der Waals surface area contributed by atoms with E-state index in [0.717, 1.165) is 0 Å². The van der Waals surface area contributed by atoms with Crippen LogP contribution in [0.1, 0.15) is 13.3 Å². The van der Waals surface area contributed by atoms with E-state index in [4.69, 9.17) is 0 Å². The molecule has 0 rings (SSSR count). The van der Waals surface area contributed by atoms with Gasteiger partial charge in [-0.1, -0.05) is 0 Å². The van der Waals surface area contributed by atoms with Gasteiger partial charge in [0.1, 0.15) is 6.10 Å². The van der Waals surface area contributed by atoms with E-state index in [-0.39, 0.29) is 6.42 Å². The van der Waals surface area contributed by atoms with Crippen molar-refractivity contribution in [2.75, 3.05) is 7.11 Å². The van der Waals surface area contributed by atoms with E-state index in [1.54, 1.807) is 0 Å². The Kier molecular flexibility index (Phi) is 4.26. The van der Waals surface area contributed by atoms with Gasteiger partial charge < -0.3 is 9.47 Å². The van der Waals surface area contributed by atoms with Gasteiger partial charge in [0.2, 0.25) is 0 Å². The Morgan fingerprint density at radius 3 is 2.45 bits per heavy atom. The van der Waals surface area contributed by atoms with Crippen LogP contribution >= 0.6 is 0 Å². The van der Waals surface area contributed by atoms with E-state index in [1.165, 1.54) is 14.0 Å². The van der Waals surface area contributed by atoms with Gasteiger partial charge in [0, 0.05) is 6.92 Å². The van der Waals surface area contributed by atoms with Gasteiger partial charge in [-0.2, -0.15) is 0 Å². The second-order valence-corrected chi connectivity index (χ2v) is 2.01. The first-order valence-corrected chi connectivity index (χ1v) is 3.13. The summed E-state index contributed by atoms with van der Waals surface area (Å²) in [6.45, 7) is 4.68. The second-order valence-electron chi connectivity index (χ2n) is 2.01. The van der Waals surface area contributed by atoms with Crippen LogP contribution in [-0.2, 0) is 19.1 Å². The van der Waals surface area contributed by atoms with Gasteiger partial charge in [0.25, 0.3) is 0 Å². The van der Waals surface area contributed by atoms with E-state index in [0.29, 0.717) is 0 Å². The van der Waals surface area contributed by atoms with Crippen molar-refractivity contribution in [2.45, 2.75) is 19.4 Å². The van der Waals surface area contributed by atoms with Crippen LogP contribution in [0.5, 0.6) is 0 Å². The Bertz CT molecular complexity index is 153. The summed E-state index contributed by atoms with van der Waals surface area (Å²) in [5.74, 6) is -0.889. The summed E-state index contributed by atoms with van der Waals surface area (Å²) < 4.78 is 8.90. The van der Waals surface area contributed by atoms with Crippen LogP contribution in [-0.4, -0.2) is 25.2 Å². The Morgan fingerprint density at radius 2 is 2.09 bits per heavy atom. The van der Waals surface area contributed by atoms with E-state index in [9.17, 15) is 9.59 Å². The molecule has 63 valence electrons. The lowest BCUT2D eigenvalue weighted by Gasteiger charge is -2.08. The molecule has 1 atom stereocenters. The number of esters is 2. The second kappa shape index (κ2) is 4.71. The van der Waals surface area contributed by atoms with Gasteiger partial charge in [-0.15, -0.1) is 0 Å². The number of hydrogen-bond donors (Lipinski definition) is 0. The van der Waals surface area contributed by atoms with E-state index < -0.39 is 18.0 Å². The Labute approximate surface area is 65.5 Å². The molecule has 4 heteroatoms. The average molecular weight is 159 g/mol. The van der Waals surface area contributed by atoms with Crippen LogP contribution in [0.25, 0.3) is 0 Å². The molecular weight excluding hydrogens is 148 g/mol. The van der Waals surface area contributed by atoms with Crippen molar-refractivity contribution in [2.24, 2.45) is 0 Å². The first-order chi connectivity index (χ1) is 5.06. The van der Waals surface area contributed by atoms with Crippen molar-refractivity contribution < 1.29 is 19.1 Å². The third-order valence-electron chi connectivity index (χ3n) is 0.955. The van der Waals surface area contributed by atoms with Crippen LogP contribution in [0, 0.1) is 6.92 Å². The molecule has 0 saturated heterocycles. The van der Waals surface area contributed by atoms with Gasteiger partial charge in [0.05, 0.1) is 13.5 Å². The predicted octanol–water partition coefficient (Wildman–Crippen LogP) is 0.315. The van der Waals surface area contributed by atoms with Gasteiger partial charge in [-0.3, -0.25) is 9.59 Å². The number of methoxy groups -OCH3 is 1. The molecule has 4 nitrogen and oxygen atoms in total. The Balaban J connectivity index is 3.60. The fraction of sp³-hybridized carbons (Fsp3) is 0.571. The smallest absolute Gasteiger partial charge is 0.309 e. The Hall–Kier alpha value is -1.06. The molecule has 0 bridgehead atoms. The highest BCUT2D eigenvalue weighted by atomic mass is 16.6. The number of rotatable bonds is 3. The monoisotopic (exact) mass is 159 g/mol. The molecule has 0 aliphatic carbocycles. The lowest BCUT2D eigenvalue weighted by atomic mass is 10.3. The van der Waals surface area contributed by atoms with Gasteiger partial charge in [-0.25, -0.2) is 0 Å². The predicted molar refractivity (Wildman–Crippen MR) is 37.5 cm³/mol. The molecule has 0 fully saturated rings. The zero-order valence-electron chi connectivity index (χ0n) is 6.62. The molecule has 1 unspecified atom stereocenters. The molecule has 0 heterocycles. The maximum Gasteiger partial charge on any atom is 0.309 e. The number of carbonyl (C=O) groups excluding carboxylic acids is 2. The van der Waals surface area contributed by atoms with Crippen LogP contribution in [0.15, 0.2) is 0 Å². The fourth-order valence-corrected chi connectivity index (χ4v) is 0.546. The maximum atomic E-state index is 10.6. The molecule has 11 heavy (non-hydrogen) atoms. The number of hydrogen-bond acceptors (Lipinski definition) is 4. The SMILES string of the molecule is [CH2]C(CC(=O)OC)OC(C)=O. The zero-order valence-corrected chi connectivity index (χ0v) is 6.62. The Morgan fingerprint density at radius 1 is 1.55 bits per heavy atom. The summed E-state index contributed by atoms with van der Waals surface area (Å²) in [6, 6.07) is 0. The lowest BCUT2D eigenvalue weighted by molar-refractivity contribution is -0.149. The first kappa shape index (κ1) is 9.94. The molecule has 0 aromatic carbocycles. The third-order valence-corrected chi connectivity index (χ3v) is 0.955. The summed E-state index contributed by atoms with van der Waals surface area (Å²) in [5, 5.41) is 0. The highest BCUT2D eigenvalue weighted by molar-refractivity contribution is 5.71. The highest BCUT2D eigenvalue weighted by Gasteiger charge is 2.10. The van der Waals surface area contributed by atoms with E-state index in [1.807, 2.05) is 0 Å². The highest BCUT2D eigenvalue weighted by Crippen LogP contribution is 1.98. The molecule has 1 radical (unpaired) electrons. The molecule has 0 spiro atoms. The fourth-order valence-electron chi connectivity index (χ4n) is 0.546. The summed E-state index contributed by atoms with van der Waals surface area (Å²) in [6.07, 6.45) is -0.657. The quantitative estimate of drug-likeness (QED) is 0.556. The first-order valence-electron chi connectivity index (χ1n) is 3.13. The van der Waals surface area contributed by atoms with Crippen LogP contribution in [0.2, 0.25) is 0 Å². The van der Waals surface area contributed by atoms with Crippen molar-refractivity contribution in [3.63, 3.8) is 0 Å². The molecule has 0 aromatic heterocycles. The third kappa shape index (κ3) is 5.39. The van der Waals surface area contributed by atoms with Crippen molar-refractivity contribution in [1.82, 2.24) is 0 Å². The topological polar surface area (TPSA) is 52.6 Å². The largest absolute Gasteiger partial charge is 0.469 e. The number of ether oxygens (including phenoxy) is 2. The van der Waals surface area contributed by atoms with Crippen molar-refractivity contribution >= 4 is 11.9 Å². The van der Waals surface area contributed by atoms with Crippen molar-refractivity contribution in [3.05, 3.63) is 6.92 Å².